The van der Waals surface area contributed by atoms with Gasteiger partial charge >= 0.3 is 0 Å². The molecule has 0 aromatic carbocycles. The van der Waals surface area contributed by atoms with Crippen LogP contribution >= 0.6 is 24.4 Å². The number of rotatable bonds is 10. The fourth-order valence-corrected chi connectivity index (χ4v) is 13.1. The summed E-state index contributed by atoms with van der Waals surface area (Å²) < 4.78 is 0.158. The summed E-state index contributed by atoms with van der Waals surface area (Å²) in [6.45, 7) is 9.88. The molecule has 0 N–H and O–H groups in total. The first-order valence-corrected chi connectivity index (χ1v) is 19.9. The predicted molar refractivity (Wildman–Crippen MR) is 187 cm³/mol. The second-order valence-electron chi connectivity index (χ2n) is 15.9. The minimum atomic E-state index is 0.158. The van der Waals surface area contributed by atoms with Gasteiger partial charge in [0.1, 0.15) is 0 Å². The van der Waals surface area contributed by atoms with Gasteiger partial charge in [-0.25, -0.2) is 0 Å². The molecule has 0 aromatic rings. The molecule has 1 aliphatic heterocycles. The maximum atomic E-state index is 5.25. The van der Waals surface area contributed by atoms with E-state index in [0.717, 1.165) is 52.6 Å². The van der Waals surface area contributed by atoms with Crippen LogP contribution in [0, 0.1) is 47.3 Å². The molecule has 1 saturated heterocycles. The molecule has 10 unspecified atom stereocenters. The quantitative estimate of drug-likeness (QED) is 0.148. The zero-order chi connectivity index (χ0) is 28.8. The van der Waals surface area contributed by atoms with Crippen molar-refractivity contribution in [2.24, 2.45) is 47.3 Å². The van der Waals surface area contributed by atoms with E-state index < -0.39 is 0 Å². The molecular formula is C39H66S2. The minimum absolute atomic E-state index is 0.158. The first-order valence-electron chi connectivity index (χ1n) is 18.6. The fourth-order valence-electron chi connectivity index (χ4n) is 10.8. The van der Waals surface area contributed by atoms with Crippen molar-refractivity contribution in [3.63, 3.8) is 0 Å². The van der Waals surface area contributed by atoms with E-state index in [1.807, 2.05) is 5.57 Å². The van der Waals surface area contributed by atoms with Crippen LogP contribution in [0.1, 0.15) is 163 Å². The Morgan fingerprint density at radius 3 is 2.56 bits per heavy atom. The molecule has 0 amide bonds. The number of hydrogen-bond donors (Lipinski definition) is 1. The van der Waals surface area contributed by atoms with Crippen molar-refractivity contribution in [1.29, 1.82) is 0 Å². The summed E-state index contributed by atoms with van der Waals surface area (Å²) in [6, 6.07) is 0. The maximum absolute atomic E-state index is 5.25. The van der Waals surface area contributed by atoms with Gasteiger partial charge in [0.15, 0.2) is 0 Å². The number of thioether (sulfide) groups is 1. The van der Waals surface area contributed by atoms with E-state index in [2.05, 4.69) is 51.6 Å². The lowest BCUT2D eigenvalue weighted by atomic mass is 9.57. The molecule has 4 aliphatic carbocycles. The Balaban J connectivity index is 1.07. The number of thiol groups is 1. The van der Waals surface area contributed by atoms with Crippen LogP contribution in [0.15, 0.2) is 23.3 Å². The van der Waals surface area contributed by atoms with Crippen LogP contribution in [0.25, 0.3) is 0 Å². The number of hydrogen-bond acceptors (Lipinski definition) is 2. The summed E-state index contributed by atoms with van der Waals surface area (Å²) >= 11 is 7.48. The fraction of sp³-hybridized carbons (Fsp3) is 0.897. The standard InChI is InChI=1S/C39H66S2/c1-5-31(35-24-22-33-21-23-34-17-10-18-36(26-35)38(34)29(33)3)16-11-19-37-25-20-30(27-39(4,40)41-37)13-7-9-15-32-14-8-6-12-28(32)2/h5,22,28-30,32,34-38,40H,6-21,23-27H2,1-4H3/b31-5+,33-22-. The van der Waals surface area contributed by atoms with Gasteiger partial charge in [0.25, 0.3) is 0 Å². The second-order valence-corrected chi connectivity index (χ2v) is 19.0. The van der Waals surface area contributed by atoms with E-state index in [-0.39, 0.29) is 4.08 Å². The van der Waals surface area contributed by atoms with Gasteiger partial charge in [-0.05, 0) is 125 Å². The first-order chi connectivity index (χ1) is 19.8. The average Bonchev–Trinajstić information content (AvgIpc) is 3.09. The van der Waals surface area contributed by atoms with Gasteiger partial charge in [0, 0.05) is 5.25 Å². The van der Waals surface area contributed by atoms with Gasteiger partial charge in [-0.2, -0.15) is 12.6 Å². The van der Waals surface area contributed by atoms with Gasteiger partial charge in [-0.15, -0.1) is 11.8 Å². The molecular weight excluding hydrogens is 533 g/mol. The SMILES string of the molecule is C/C=C(\CCCC1CCC(CCCCC2CCCCC2C)CC(C)(S)S1)C1C/C=C2/CCC3CCCC(C1)C3C2C. The monoisotopic (exact) mass is 598 g/mol. The van der Waals surface area contributed by atoms with Crippen molar-refractivity contribution < 1.29 is 0 Å². The summed E-state index contributed by atoms with van der Waals surface area (Å²) in [5.74, 6) is 7.58. The molecule has 0 aromatic heterocycles. The van der Waals surface area contributed by atoms with Crippen molar-refractivity contribution in [1.82, 2.24) is 0 Å². The molecule has 41 heavy (non-hydrogen) atoms. The van der Waals surface area contributed by atoms with E-state index in [1.165, 1.54) is 135 Å². The predicted octanol–water partition coefficient (Wildman–Crippen LogP) is 12.8. The van der Waals surface area contributed by atoms with Crippen LogP contribution in [0.2, 0.25) is 0 Å². The number of fused-ring (bicyclic) bond motifs is 1. The molecule has 4 fully saturated rings. The highest BCUT2D eigenvalue weighted by atomic mass is 32.2. The summed E-state index contributed by atoms with van der Waals surface area (Å²) in [4.78, 5) is 0. The lowest BCUT2D eigenvalue weighted by Gasteiger charge is -2.48. The van der Waals surface area contributed by atoms with Crippen molar-refractivity contribution in [3.05, 3.63) is 23.3 Å². The molecule has 2 bridgehead atoms. The Labute approximate surface area is 265 Å². The number of unbranched alkanes of at least 4 members (excludes halogenated alkanes) is 1. The van der Waals surface area contributed by atoms with Crippen LogP contribution in [-0.2, 0) is 0 Å². The highest BCUT2D eigenvalue weighted by Crippen LogP contribution is 2.53. The average molecular weight is 599 g/mol. The topological polar surface area (TPSA) is 0 Å². The van der Waals surface area contributed by atoms with Crippen LogP contribution in [0.5, 0.6) is 0 Å². The Morgan fingerprint density at radius 1 is 0.927 bits per heavy atom. The van der Waals surface area contributed by atoms with Crippen LogP contribution in [-0.4, -0.2) is 9.33 Å². The summed E-state index contributed by atoms with van der Waals surface area (Å²) in [5.41, 5.74) is 3.63. The molecule has 5 aliphatic rings. The van der Waals surface area contributed by atoms with Crippen molar-refractivity contribution >= 4 is 24.4 Å². The van der Waals surface area contributed by atoms with Crippen molar-refractivity contribution in [2.45, 2.75) is 172 Å². The smallest absolute Gasteiger partial charge is 0.0558 e. The Kier molecular flexibility index (Phi) is 12.3. The largest absolute Gasteiger partial charge is 0.162 e. The maximum Gasteiger partial charge on any atom is 0.0558 e. The lowest BCUT2D eigenvalue weighted by molar-refractivity contribution is 0.0669. The lowest BCUT2D eigenvalue weighted by Crippen LogP contribution is -2.39. The summed E-state index contributed by atoms with van der Waals surface area (Å²) in [6.07, 6.45) is 35.6. The molecule has 10 atom stereocenters. The van der Waals surface area contributed by atoms with E-state index in [4.69, 9.17) is 12.6 Å². The second kappa shape index (κ2) is 15.5. The third kappa shape index (κ3) is 8.89. The highest BCUT2D eigenvalue weighted by molar-refractivity contribution is 8.11. The van der Waals surface area contributed by atoms with Crippen molar-refractivity contribution in [2.75, 3.05) is 0 Å². The normalized spacial score (nSPS) is 43.4. The summed E-state index contributed by atoms with van der Waals surface area (Å²) in [5, 5.41) is 0.808. The minimum Gasteiger partial charge on any atom is -0.162 e. The van der Waals surface area contributed by atoms with Gasteiger partial charge in [-0.1, -0.05) is 108 Å². The van der Waals surface area contributed by atoms with E-state index >= 15 is 0 Å². The van der Waals surface area contributed by atoms with Gasteiger partial charge in [0.05, 0.1) is 4.08 Å². The molecule has 234 valence electrons. The Morgan fingerprint density at radius 2 is 1.73 bits per heavy atom. The molecule has 2 heteroatoms. The zero-order valence-corrected chi connectivity index (χ0v) is 29.3. The zero-order valence-electron chi connectivity index (χ0n) is 27.6. The molecule has 5 rings (SSSR count). The third-order valence-electron chi connectivity index (χ3n) is 13.1. The Bertz CT molecular complexity index is 869. The van der Waals surface area contributed by atoms with Gasteiger partial charge < -0.3 is 0 Å². The van der Waals surface area contributed by atoms with Gasteiger partial charge in [0.2, 0.25) is 0 Å². The van der Waals surface area contributed by atoms with Crippen molar-refractivity contribution in [3.8, 4) is 0 Å². The molecule has 0 spiro atoms. The first kappa shape index (κ1) is 32.6. The van der Waals surface area contributed by atoms with E-state index in [0.29, 0.717) is 0 Å². The molecule has 3 saturated carbocycles. The molecule has 0 nitrogen and oxygen atoms in total. The third-order valence-corrected chi connectivity index (χ3v) is 15.0. The van der Waals surface area contributed by atoms with Crippen LogP contribution in [0.4, 0.5) is 0 Å². The van der Waals surface area contributed by atoms with E-state index in [1.54, 1.807) is 5.57 Å². The van der Waals surface area contributed by atoms with Gasteiger partial charge in [-0.3, -0.25) is 0 Å². The van der Waals surface area contributed by atoms with E-state index in [9.17, 15) is 0 Å². The highest BCUT2D eigenvalue weighted by Gasteiger charge is 2.42. The number of allylic oxidation sites excluding steroid dienone is 4. The molecule has 0 radical (unpaired) electrons. The van der Waals surface area contributed by atoms with Crippen LogP contribution < -0.4 is 0 Å². The molecule has 1 heterocycles. The summed E-state index contributed by atoms with van der Waals surface area (Å²) in [7, 11) is 0. The van der Waals surface area contributed by atoms with Crippen LogP contribution in [0.3, 0.4) is 0 Å². The Hall–Kier alpha value is 0.180.